The molecule has 4 rings (SSSR count). The lowest BCUT2D eigenvalue weighted by Gasteiger charge is -2.32. The number of nitrogens with zero attached hydrogens (tertiary/aromatic N) is 4. The van der Waals surface area contributed by atoms with Gasteiger partial charge in [0, 0.05) is 55.8 Å². The summed E-state index contributed by atoms with van der Waals surface area (Å²) >= 11 is 13.3. The van der Waals surface area contributed by atoms with Gasteiger partial charge in [-0.25, -0.2) is 4.98 Å². The van der Waals surface area contributed by atoms with Gasteiger partial charge in [0.15, 0.2) is 0 Å². The van der Waals surface area contributed by atoms with Gasteiger partial charge in [-0.15, -0.1) is 0 Å². The summed E-state index contributed by atoms with van der Waals surface area (Å²) in [7, 11) is 3.59. The van der Waals surface area contributed by atoms with Crippen LogP contribution in [0.25, 0.3) is 10.9 Å². The highest BCUT2D eigenvalue weighted by Crippen LogP contribution is 2.33. The van der Waals surface area contributed by atoms with Gasteiger partial charge in [-0.05, 0) is 55.0 Å². The van der Waals surface area contributed by atoms with Crippen molar-refractivity contribution in [2.75, 3.05) is 20.2 Å². The Bertz CT molecular complexity index is 1350. The van der Waals surface area contributed by atoms with E-state index in [-0.39, 0.29) is 16.6 Å². The summed E-state index contributed by atoms with van der Waals surface area (Å²) in [6, 6.07) is 8.05. The van der Waals surface area contributed by atoms with Crippen LogP contribution in [-0.2, 0) is 18.2 Å². The number of amides is 1. The number of aromatic nitrogens is 2. The molecule has 0 bridgehead atoms. The lowest BCUT2D eigenvalue weighted by molar-refractivity contribution is 0.0678. The topological polar surface area (TPSA) is 71.2 Å². The molecule has 1 saturated heterocycles. The molecule has 6 nitrogen and oxygen atoms in total. The van der Waals surface area contributed by atoms with Crippen LogP contribution in [0.4, 0.5) is 0 Å². The standard InChI is InChI=1S/C27H28Cl2N4O2/c1-16-9-19(14-30)11-24-21(16)12-20(32(24)3)13-22-23(28)15-31-26(25(22)29)27(34)33-7-5-18(6-8-33)10-17(2)35-4/h9,11-12,15,18H,2,5-8,10,13H2,1,3-4H3. The third kappa shape index (κ3) is 5.03. The maximum absolute atomic E-state index is 13.3. The molecule has 182 valence electrons. The van der Waals surface area contributed by atoms with Crippen LogP contribution in [0.3, 0.4) is 0 Å². The van der Waals surface area contributed by atoms with E-state index in [1.807, 2.05) is 35.6 Å². The van der Waals surface area contributed by atoms with Crippen molar-refractivity contribution in [1.82, 2.24) is 14.5 Å². The molecule has 0 N–H and O–H groups in total. The van der Waals surface area contributed by atoms with Crippen LogP contribution in [0.1, 0.15) is 52.1 Å². The van der Waals surface area contributed by atoms with Gasteiger partial charge in [0.2, 0.25) is 0 Å². The van der Waals surface area contributed by atoms with E-state index < -0.39 is 0 Å². The molecule has 0 spiro atoms. The molecule has 0 saturated carbocycles. The number of hydrogen-bond acceptors (Lipinski definition) is 4. The van der Waals surface area contributed by atoms with Crippen LogP contribution in [0.2, 0.25) is 10.0 Å². The van der Waals surface area contributed by atoms with Crippen molar-refractivity contribution in [1.29, 1.82) is 5.26 Å². The number of aryl methyl sites for hydroxylation is 2. The highest BCUT2D eigenvalue weighted by molar-refractivity contribution is 6.37. The molecule has 1 aliphatic rings. The minimum atomic E-state index is -0.177. The zero-order chi connectivity index (χ0) is 25.3. The molecule has 1 aromatic carbocycles. The van der Waals surface area contributed by atoms with Crippen molar-refractivity contribution in [3.05, 3.63) is 74.9 Å². The summed E-state index contributed by atoms with van der Waals surface area (Å²) in [5.74, 6) is 1.05. The highest BCUT2D eigenvalue weighted by atomic mass is 35.5. The number of piperidine rings is 1. The molecule has 3 aromatic rings. The molecule has 0 atom stereocenters. The number of benzene rings is 1. The highest BCUT2D eigenvalue weighted by Gasteiger charge is 2.28. The number of likely N-dealkylation sites (tertiary alicyclic amines) is 1. The van der Waals surface area contributed by atoms with Crippen LogP contribution in [0.15, 0.2) is 36.7 Å². The van der Waals surface area contributed by atoms with Crippen LogP contribution in [-0.4, -0.2) is 40.6 Å². The first-order valence-corrected chi connectivity index (χ1v) is 12.3. The van der Waals surface area contributed by atoms with Crippen molar-refractivity contribution < 1.29 is 9.53 Å². The van der Waals surface area contributed by atoms with Gasteiger partial charge in [-0.2, -0.15) is 5.26 Å². The molecule has 1 fully saturated rings. The number of carbonyl (C=O) groups is 1. The molecule has 35 heavy (non-hydrogen) atoms. The van der Waals surface area contributed by atoms with Gasteiger partial charge in [-0.3, -0.25) is 4.79 Å². The van der Waals surface area contributed by atoms with Crippen molar-refractivity contribution in [2.24, 2.45) is 13.0 Å². The number of rotatable bonds is 6. The zero-order valence-corrected chi connectivity index (χ0v) is 21.7. The first kappa shape index (κ1) is 25.1. The Kier molecular flexibility index (Phi) is 7.39. The summed E-state index contributed by atoms with van der Waals surface area (Å²) in [6.07, 6.45) is 4.52. The van der Waals surface area contributed by atoms with Crippen molar-refractivity contribution in [3.8, 4) is 6.07 Å². The SMILES string of the molecule is C=C(CC1CCN(C(=O)c2ncc(Cl)c(Cc3cc4c(C)cc(C#N)cc4n3C)c2Cl)CC1)OC. The van der Waals surface area contributed by atoms with Gasteiger partial charge in [0.1, 0.15) is 5.69 Å². The Morgan fingerprint density at radius 3 is 2.66 bits per heavy atom. The van der Waals surface area contributed by atoms with Gasteiger partial charge in [0.25, 0.3) is 5.91 Å². The van der Waals surface area contributed by atoms with Crippen LogP contribution in [0, 0.1) is 24.2 Å². The maximum Gasteiger partial charge on any atom is 0.274 e. The Morgan fingerprint density at radius 1 is 1.29 bits per heavy atom. The fourth-order valence-corrected chi connectivity index (χ4v) is 5.35. The summed E-state index contributed by atoms with van der Waals surface area (Å²) < 4.78 is 7.24. The average molecular weight is 511 g/mol. The van der Waals surface area contributed by atoms with Crippen LogP contribution < -0.4 is 0 Å². The molecule has 0 radical (unpaired) electrons. The van der Waals surface area contributed by atoms with Gasteiger partial charge in [0.05, 0.1) is 34.5 Å². The predicted molar refractivity (Wildman–Crippen MR) is 139 cm³/mol. The van der Waals surface area contributed by atoms with E-state index in [9.17, 15) is 10.1 Å². The van der Waals surface area contributed by atoms with E-state index in [1.54, 1.807) is 7.11 Å². The first-order valence-electron chi connectivity index (χ1n) is 11.6. The molecular weight excluding hydrogens is 483 g/mol. The predicted octanol–water partition coefficient (Wildman–Crippen LogP) is 6.05. The number of allylic oxidation sites excluding steroid dienone is 1. The Balaban J connectivity index is 1.58. The number of hydrogen-bond donors (Lipinski definition) is 0. The summed E-state index contributed by atoms with van der Waals surface area (Å²) in [5, 5.41) is 11.1. The molecule has 1 amide bonds. The number of methoxy groups -OCH3 is 1. The zero-order valence-electron chi connectivity index (χ0n) is 20.2. The third-order valence-electron chi connectivity index (χ3n) is 6.93. The van der Waals surface area contributed by atoms with Crippen LogP contribution >= 0.6 is 23.2 Å². The minimum absolute atomic E-state index is 0.177. The quantitative estimate of drug-likeness (QED) is 0.378. The number of halogens is 2. The number of ether oxygens (including phenoxy) is 1. The van der Waals surface area contributed by atoms with Crippen molar-refractivity contribution in [2.45, 2.75) is 32.6 Å². The summed E-state index contributed by atoms with van der Waals surface area (Å²) in [5.41, 5.74) is 4.49. The van der Waals surface area contributed by atoms with Gasteiger partial charge < -0.3 is 14.2 Å². The van der Waals surface area contributed by atoms with E-state index in [0.29, 0.717) is 41.6 Å². The average Bonchev–Trinajstić information content (AvgIpc) is 3.17. The Hall–Kier alpha value is -3.01. The Morgan fingerprint density at radius 2 is 2.00 bits per heavy atom. The fourth-order valence-electron chi connectivity index (χ4n) is 4.79. The molecule has 1 aliphatic heterocycles. The van der Waals surface area contributed by atoms with E-state index in [1.165, 1.54) is 6.20 Å². The van der Waals surface area contributed by atoms with Crippen molar-refractivity contribution >= 4 is 40.0 Å². The van der Waals surface area contributed by atoms with E-state index in [0.717, 1.165) is 47.2 Å². The van der Waals surface area contributed by atoms with E-state index in [4.69, 9.17) is 27.9 Å². The molecular formula is C27H28Cl2N4O2. The lowest BCUT2D eigenvalue weighted by atomic mass is 9.92. The van der Waals surface area contributed by atoms with Gasteiger partial charge in [-0.1, -0.05) is 29.8 Å². The fraction of sp³-hybridized carbons (Fsp3) is 0.370. The second kappa shape index (κ2) is 10.3. The first-order chi connectivity index (χ1) is 16.7. The smallest absolute Gasteiger partial charge is 0.274 e. The van der Waals surface area contributed by atoms with E-state index >= 15 is 0 Å². The van der Waals surface area contributed by atoms with Crippen LogP contribution in [0.5, 0.6) is 0 Å². The monoisotopic (exact) mass is 510 g/mol. The largest absolute Gasteiger partial charge is 0.502 e. The van der Waals surface area contributed by atoms with Crippen molar-refractivity contribution in [3.63, 3.8) is 0 Å². The number of nitriles is 1. The lowest BCUT2D eigenvalue weighted by Crippen LogP contribution is -2.39. The number of carbonyl (C=O) groups excluding carboxylic acids is 1. The summed E-state index contributed by atoms with van der Waals surface area (Å²) in [4.78, 5) is 19.4. The third-order valence-corrected chi connectivity index (χ3v) is 7.67. The molecule has 8 heteroatoms. The van der Waals surface area contributed by atoms with Gasteiger partial charge >= 0.3 is 0 Å². The summed E-state index contributed by atoms with van der Waals surface area (Å²) in [6.45, 7) is 7.18. The molecule has 0 unspecified atom stereocenters. The minimum Gasteiger partial charge on any atom is -0.502 e. The van der Waals surface area contributed by atoms with E-state index in [2.05, 4.69) is 23.7 Å². The molecule has 0 aliphatic carbocycles. The second-order valence-corrected chi connectivity index (χ2v) is 9.92. The molecule has 3 heterocycles. The number of pyridine rings is 1. The maximum atomic E-state index is 13.3. The Labute approximate surface area is 215 Å². The number of fused-ring (bicyclic) bond motifs is 1. The molecule has 2 aromatic heterocycles. The second-order valence-electron chi connectivity index (χ2n) is 9.14. The normalized spacial score (nSPS) is 14.2.